The normalized spacial score (nSPS) is 11.7. The Balaban J connectivity index is 1.72. The number of furan rings is 1. The zero-order chi connectivity index (χ0) is 20.5. The summed E-state index contributed by atoms with van der Waals surface area (Å²) in [6, 6.07) is 14.4. The van der Waals surface area contributed by atoms with Crippen molar-refractivity contribution in [2.75, 3.05) is 0 Å². The maximum absolute atomic E-state index is 12.2. The van der Waals surface area contributed by atoms with Crippen LogP contribution in [-0.4, -0.2) is 14.9 Å². The van der Waals surface area contributed by atoms with Crippen LogP contribution in [0.1, 0.15) is 11.6 Å². The Morgan fingerprint density at radius 1 is 1.17 bits per heavy atom. The van der Waals surface area contributed by atoms with Gasteiger partial charge in [0, 0.05) is 17.2 Å². The second-order valence-electron chi connectivity index (χ2n) is 6.04. The van der Waals surface area contributed by atoms with Crippen LogP contribution in [0.2, 0.25) is 5.02 Å². The number of aromatic amines is 1. The number of nitro benzene ring substituents is 1. The third-order valence-electron chi connectivity index (χ3n) is 4.16. The van der Waals surface area contributed by atoms with Crippen molar-refractivity contribution in [2.24, 2.45) is 0 Å². The van der Waals surface area contributed by atoms with E-state index in [4.69, 9.17) is 27.6 Å². The summed E-state index contributed by atoms with van der Waals surface area (Å²) in [5.41, 5.74) is 0.310. The molecule has 9 heteroatoms. The summed E-state index contributed by atoms with van der Waals surface area (Å²) in [6.07, 6.45) is 1.47. The minimum absolute atomic E-state index is 0.152. The van der Waals surface area contributed by atoms with Crippen LogP contribution in [0, 0.1) is 10.1 Å². The smallest absolute Gasteiger partial charge is 0.281 e. The molecule has 29 heavy (non-hydrogen) atoms. The molecule has 0 bridgehead atoms. The Hall–Kier alpha value is -3.42. The Morgan fingerprint density at radius 3 is 2.76 bits per heavy atom. The lowest BCUT2D eigenvalue weighted by molar-refractivity contribution is -0.384. The largest absolute Gasteiger partial charge is 0.456 e. The number of hydrogen-bond donors (Lipinski definition) is 1. The number of fused-ring (bicyclic) bond motifs is 1. The number of nitro groups is 1. The van der Waals surface area contributed by atoms with Gasteiger partial charge in [-0.2, -0.15) is 0 Å². The zero-order valence-corrected chi connectivity index (χ0v) is 16.1. The highest BCUT2D eigenvalue weighted by molar-refractivity contribution is 6.50. The number of benzene rings is 2. The molecule has 0 aliphatic heterocycles. The van der Waals surface area contributed by atoms with E-state index in [1.54, 1.807) is 42.5 Å². The van der Waals surface area contributed by atoms with E-state index in [0.717, 1.165) is 0 Å². The van der Waals surface area contributed by atoms with Crippen LogP contribution >= 0.6 is 23.2 Å². The molecular formula is C20H11Cl2N3O4. The van der Waals surface area contributed by atoms with Gasteiger partial charge in [-0.05, 0) is 36.4 Å². The van der Waals surface area contributed by atoms with Gasteiger partial charge in [0.25, 0.3) is 11.2 Å². The molecule has 0 spiro atoms. The highest BCUT2D eigenvalue weighted by Gasteiger charge is 2.18. The second kappa shape index (κ2) is 7.54. The van der Waals surface area contributed by atoms with Crippen molar-refractivity contribution >= 4 is 50.9 Å². The van der Waals surface area contributed by atoms with Crippen LogP contribution in [0.15, 0.2) is 63.8 Å². The predicted octanol–water partition coefficient (Wildman–Crippen LogP) is 5.48. The molecule has 0 atom stereocenters. The number of rotatable bonds is 4. The SMILES string of the molecule is O=c1[nH]c(/C(Cl)=C/c2ccc(-c3ccc(Cl)cc3[N+](=O)[O-])o2)nc2ccccc12. The van der Waals surface area contributed by atoms with Crippen molar-refractivity contribution in [2.45, 2.75) is 0 Å². The van der Waals surface area contributed by atoms with Crippen LogP contribution in [0.4, 0.5) is 5.69 Å². The van der Waals surface area contributed by atoms with Gasteiger partial charge in [0.2, 0.25) is 0 Å². The quantitative estimate of drug-likeness (QED) is 0.343. The van der Waals surface area contributed by atoms with Gasteiger partial charge in [0.1, 0.15) is 11.5 Å². The number of nitrogens with one attached hydrogen (secondary N) is 1. The lowest BCUT2D eigenvalue weighted by Gasteiger charge is -2.02. The van der Waals surface area contributed by atoms with E-state index in [0.29, 0.717) is 16.7 Å². The Bertz CT molecular complexity index is 1340. The number of nitrogens with zero attached hydrogens (tertiary/aromatic N) is 2. The van der Waals surface area contributed by atoms with E-state index >= 15 is 0 Å². The minimum Gasteiger partial charge on any atom is -0.456 e. The van der Waals surface area contributed by atoms with Crippen molar-refractivity contribution in [1.82, 2.24) is 9.97 Å². The van der Waals surface area contributed by atoms with E-state index in [2.05, 4.69) is 9.97 Å². The molecular weight excluding hydrogens is 417 g/mol. The topological polar surface area (TPSA) is 102 Å². The fourth-order valence-electron chi connectivity index (χ4n) is 2.83. The highest BCUT2D eigenvalue weighted by atomic mass is 35.5. The lowest BCUT2D eigenvalue weighted by Crippen LogP contribution is -2.10. The van der Waals surface area contributed by atoms with E-state index in [1.807, 2.05) is 0 Å². The molecule has 0 saturated heterocycles. The van der Waals surface area contributed by atoms with Gasteiger partial charge in [-0.15, -0.1) is 0 Å². The first-order chi connectivity index (χ1) is 13.9. The summed E-state index contributed by atoms with van der Waals surface area (Å²) in [6.45, 7) is 0. The van der Waals surface area contributed by atoms with Gasteiger partial charge >= 0.3 is 0 Å². The van der Waals surface area contributed by atoms with Crippen LogP contribution < -0.4 is 5.56 Å². The van der Waals surface area contributed by atoms with Gasteiger partial charge in [0.05, 0.1) is 26.4 Å². The molecule has 2 heterocycles. The second-order valence-corrected chi connectivity index (χ2v) is 6.89. The molecule has 2 aromatic carbocycles. The zero-order valence-electron chi connectivity index (χ0n) is 14.6. The standard InChI is InChI=1S/C20H11Cl2N3O4/c21-11-5-7-14(17(9-11)25(27)28)18-8-6-12(29-18)10-15(22)19-23-16-4-2-1-3-13(16)20(26)24-19/h1-10H,(H,23,24,26)/b15-10-. The van der Waals surface area contributed by atoms with Crippen molar-refractivity contribution in [3.8, 4) is 11.3 Å². The van der Waals surface area contributed by atoms with Crippen LogP contribution in [0.25, 0.3) is 33.3 Å². The van der Waals surface area contributed by atoms with Gasteiger partial charge in [-0.3, -0.25) is 14.9 Å². The molecule has 0 amide bonds. The molecule has 0 fully saturated rings. The third-order valence-corrected chi connectivity index (χ3v) is 4.68. The number of para-hydroxylation sites is 1. The van der Waals surface area contributed by atoms with Gasteiger partial charge < -0.3 is 9.40 Å². The lowest BCUT2D eigenvalue weighted by atomic mass is 10.1. The molecule has 4 rings (SSSR count). The highest BCUT2D eigenvalue weighted by Crippen LogP contribution is 2.34. The van der Waals surface area contributed by atoms with Crippen LogP contribution in [0.5, 0.6) is 0 Å². The fourth-order valence-corrected chi connectivity index (χ4v) is 3.20. The summed E-state index contributed by atoms with van der Waals surface area (Å²) in [5, 5.41) is 12.1. The van der Waals surface area contributed by atoms with Gasteiger partial charge in [-0.25, -0.2) is 4.98 Å². The molecule has 1 N–H and O–H groups in total. The van der Waals surface area contributed by atoms with Gasteiger partial charge in [-0.1, -0.05) is 35.3 Å². The Morgan fingerprint density at radius 2 is 1.97 bits per heavy atom. The molecule has 0 unspecified atom stereocenters. The fraction of sp³-hybridized carbons (Fsp3) is 0. The summed E-state index contributed by atoms with van der Waals surface area (Å²) in [7, 11) is 0. The Labute approximate surface area is 173 Å². The maximum Gasteiger partial charge on any atom is 0.281 e. The van der Waals surface area contributed by atoms with Crippen LogP contribution in [0.3, 0.4) is 0 Å². The Kier molecular flexibility index (Phi) is 4.92. The minimum atomic E-state index is -0.532. The molecule has 0 aliphatic carbocycles. The first-order valence-electron chi connectivity index (χ1n) is 8.33. The summed E-state index contributed by atoms with van der Waals surface area (Å²) in [4.78, 5) is 29.9. The molecule has 2 aromatic heterocycles. The molecule has 0 radical (unpaired) electrons. The average molecular weight is 428 g/mol. The van der Waals surface area contributed by atoms with Crippen molar-refractivity contribution in [3.63, 3.8) is 0 Å². The van der Waals surface area contributed by atoms with Crippen molar-refractivity contribution in [1.29, 1.82) is 0 Å². The molecule has 7 nitrogen and oxygen atoms in total. The first-order valence-corrected chi connectivity index (χ1v) is 9.09. The van der Waals surface area contributed by atoms with Crippen molar-refractivity contribution in [3.05, 3.63) is 91.7 Å². The summed E-state index contributed by atoms with van der Waals surface area (Å²) >= 11 is 12.2. The van der Waals surface area contributed by atoms with Crippen LogP contribution in [-0.2, 0) is 0 Å². The van der Waals surface area contributed by atoms with E-state index < -0.39 is 4.92 Å². The number of halogens is 2. The predicted molar refractivity (Wildman–Crippen MR) is 112 cm³/mol. The number of H-pyrrole nitrogens is 1. The monoisotopic (exact) mass is 427 g/mol. The van der Waals surface area contributed by atoms with Crippen molar-refractivity contribution < 1.29 is 9.34 Å². The van der Waals surface area contributed by atoms with Gasteiger partial charge in [0.15, 0.2) is 5.82 Å². The van der Waals surface area contributed by atoms with E-state index in [1.165, 1.54) is 18.2 Å². The van der Waals surface area contributed by atoms with E-state index in [9.17, 15) is 14.9 Å². The molecule has 144 valence electrons. The molecule has 0 aliphatic rings. The number of hydrogen-bond acceptors (Lipinski definition) is 5. The number of aromatic nitrogens is 2. The average Bonchev–Trinajstić information content (AvgIpc) is 3.16. The summed E-state index contributed by atoms with van der Waals surface area (Å²) in [5.74, 6) is 0.805. The third kappa shape index (κ3) is 3.78. The molecule has 0 saturated carbocycles. The molecule has 4 aromatic rings. The first kappa shape index (κ1) is 18.9. The van der Waals surface area contributed by atoms with E-state index in [-0.39, 0.29) is 38.4 Å². The maximum atomic E-state index is 12.2. The summed E-state index contributed by atoms with van der Waals surface area (Å²) < 4.78 is 5.68.